The highest BCUT2D eigenvalue weighted by atomic mass is 32.2. The van der Waals surface area contributed by atoms with Gasteiger partial charge in [0, 0.05) is 16.8 Å². The van der Waals surface area contributed by atoms with Crippen LogP contribution in [0, 0.1) is 6.92 Å². The highest BCUT2D eigenvalue weighted by Crippen LogP contribution is 2.13. The number of aliphatic imine (C=N–C) groups is 1. The molecule has 3 nitrogen and oxygen atoms in total. The Labute approximate surface area is 85.7 Å². The molecule has 0 unspecified atom stereocenters. The molecule has 1 aliphatic heterocycles. The van der Waals surface area contributed by atoms with Gasteiger partial charge in [-0.2, -0.15) is 0 Å². The first-order chi connectivity index (χ1) is 6.34. The second kappa shape index (κ2) is 4.11. The van der Waals surface area contributed by atoms with Crippen molar-refractivity contribution in [3.8, 4) is 0 Å². The Morgan fingerprint density at radius 3 is 3.15 bits per heavy atom. The van der Waals surface area contributed by atoms with Gasteiger partial charge in [0.1, 0.15) is 0 Å². The van der Waals surface area contributed by atoms with E-state index >= 15 is 0 Å². The largest absolute Gasteiger partial charge is 0.360 e. The van der Waals surface area contributed by atoms with Crippen molar-refractivity contribution in [2.24, 2.45) is 4.99 Å². The fourth-order valence-corrected chi connectivity index (χ4v) is 2.56. The highest BCUT2D eigenvalue weighted by Gasteiger charge is 2.06. The maximum atomic E-state index is 4.31. The van der Waals surface area contributed by atoms with Crippen LogP contribution >= 0.6 is 23.1 Å². The van der Waals surface area contributed by atoms with Crippen LogP contribution in [0.5, 0.6) is 0 Å². The van der Waals surface area contributed by atoms with Gasteiger partial charge in [0.25, 0.3) is 0 Å². The van der Waals surface area contributed by atoms with E-state index in [-0.39, 0.29) is 0 Å². The monoisotopic (exact) mass is 213 g/mol. The summed E-state index contributed by atoms with van der Waals surface area (Å²) in [6.45, 7) is 3.84. The van der Waals surface area contributed by atoms with Crippen LogP contribution in [-0.2, 0) is 6.54 Å². The quantitative estimate of drug-likeness (QED) is 0.811. The van der Waals surface area contributed by atoms with Crippen LogP contribution in [0.15, 0.2) is 11.2 Å². The lowest BCUT2D eigenvalue weighted by molar-refractivity contribution is 0.938. The Morgan fingerprint density at radius 1 is 1.62 bits per heavy atom. The number of hydrogen-bond donors (Lipinski definition) is 1. The third-order valence-electron chi connectivity index (χ3n) is 1.67. The van der Waals surface area contributed by atoms with Crippen molar-refractivity contribution in [2.45, 2.75) is 13.5 Å². The third kappa shape index (κ3) is 2.45. The van der Waals surface area contributed by atoms with Gasteiger partial charge in [-0.15, -0.1) is 11.3 Å². The summed E-state index contributed by atoms with van der Waals surface area (Å²) >= 11 is 3.52. The van der Waals surface area contributed by atoms with Crippen LogP contribution in [0.25, 0.3) is 0 Å². The van der Waals surface area contributed by atoms with Crippen LogP contribution in [0.1, 0.15) is 9.88 Å². The topological polar surface area (TPSA) is 37.3 Å². The van der Waals surface area contributed by atoms with Gasteiger partial charge in [-0.3, -0.25) is 4.99 Å². The first kappa shape index (κ1) is 9.02. The van der Waals surface area contributed by atoms with E-state index in [1.54, 1.807) is 23.1 Å². The number of rotatable bonds is 2. The number of nitrogens with zero attached hydrogens (tertiary/aromatic N) is 2. The molecule has 13 heavy (non-hydrogen) atoms. The molecule has 2 rings (SSSR count). The Kier molecular flexibility index (Phi) is 2.85. The van der Waals surface area contributed by atoms with Gasteiger partial charge in [0.15, 0.2) is 5.17 Å². The number of aromatic nitrogens is 1. The molecule has 0 aromatic carbocycles. The van der Waals surface area contributed by atoms with Gasteiger partial charge in [-0.05, 0) is 6.92 Å². The zero-order valence-electron chi connectivity index (χ0n) is 7.41. The molecule has 0 aliphatic carbocycles. The molecular formula is C8H11N3S2. The minimum Gasteiger partial charge on any atom is -0.360 e. The van der Waals surface area contributed by atoms with Crippen LogP contribution in [-0.4, -0.2) is 22.4 Å². The standard InChI is InChI=1S/C8H11N3S2/c1-6-10-4-7(13-6)5-11-8-9-2-3-12-8/h4H,2-3,5H2,1H3,(H,9,11). The van der Waals surface area contributed by atoms with Crippen LogP contribution in [0.2, 0.25) is 0 Å². The van der Waals surface area contributed by atoms with Crippen LogP contribution in [0.3, 0.4) is 0 Å². The van der Waals surface area contributed by atoms with E-state index in [1.165, 1.54) is 4.88 Å². The van der Waals surface area contributed by atoms with Gasteiger partial charge in [0.05, 0.1) is 18.1 Å². The molecule has 70 valence electrons. The summed E-state index contributed by atoms with van der Waals surface area (Å²) in [4.78, 5) is 9.78. The highest BCUT2D eigenvalue weighted by molar-refractivity contribution is 8.14. The van der Waals surface area contributed by atoms with Crippen molar-refractivity contribution in [1.82, 2.24) is 10.3 Å². The fraction of sp³-hybridized carbons (Fsp3) is 0.500. The Morgan fingerprint density at radius 2 is 2.54 bits per heavy atom. The average molecular weight is 213 g/mol. The van der Waals surface area contributed by atoms with E-state index < -0.39 is 0 Å². The van der Waals surface area contributed by atoms with Gasteiger partial charge < -0.3 is 5.32 Å². The first-order valence-electron chi connectivity index (χ1n) is 4.17. The Balaban J connectivity index is 1.85. The van der Waals surface area contributed by atoms with Crippen molar-refractivity contribution >= 4 is 28.3 Å². The number of amidine groups is 1. The minimum absolute atomic E-state index is 0.858. The molecule has 0 spiro atoms. The summed E-state index contributed by atoms with van der Waals surface area (Å²) in [5.41, 5.74) is 0. The molecule has 0 atom stereocenters. The molecule has 1 aromatic rings. The first-order valence-corrected chi connectivity index (χ1v) is 5.97. The SMILES string of the molecule is Cc1ncc(CNC2=NCCS2)s1. The summed E-state index contributed by atoms with van der Waals surface area (Å²) in [5.74, 6) is 1.12. The van der Waals surface area contributed by atoms with Crippen molar-refractivity contribution in [3.63, 3.8) is 0 Å². The predicted octanol–water partition coefficient (Wildman–Crippen LogP) is 1.64. The van der Waals surface area contributed by atoms with E-state index in [1.807, 2.05) is 13.1 Å². The molecule has 1 aromatic heterocycles. The zero-order valence-corrected chi connectivity index (χ0v) is 9.04. The third-order valence-corrected chi connectivity index (χ3v) is 3.51. The van der Waals surface area contributed by atoms with Gasteiger partial charge >= 0.3 is 0 Å². The zero-order chi connectivity index (χ0) is 9.10. The van der Waals surface area contributed by atoms with E-state index in [4.69, 9.17) is 0 Å². The average Bonchev–Trinajstić information content (AvgIpc) is 2.71. The maximum Gasteiger partial charge on any atom is 0.156 e. The summed E-state index contributed by atoms with van der Waals surface area (Å²) in [5, 5.41) is 5.49. The maximum absolute atomic E-state index is 4.31. The summed E-state index contributed by atoms with van der Waals surface area (Å²) in [7, 11) is 0. The number of thiazole rings is 1. The molecule has 0 radical (unpaired) electrons. The molecule has 5 heteroatoms. The number of thioether (sulfide) groups is 1. The number of nitrogens with one attached hydrogen (secondary N) is 1. The smallest absolute Gasteiger partial charge is 0.156 e. The molecule has 0 saturated carbocycles. The molecule has 2 heterocycles. The number of aryl methyl sites for hydroxylation is 1. The van der Waals surface area contributed by atoms with Gasteiger partial charge in [-0.1, -0.05) is 11.8 Å². The Hall–Kier alpha value is -0.550. The molecule has 0 bridgehead atoms. The summed E-state index contributed by atoms with van der Waals surface area (Å²) in [6, 6.07) is 0. The summed E-state index contributed by atoms with van der Waals surface area (Å²) < 4.78 is 0. The predicted molar refractivity (Wildman–Crippen MR) is 58.5 cm³/mol. The number of hydrogen-bond acceptors (Lipinski definition) is 5. The van der Waals surface area contributed by atoms with Crippen LogP contribution in [0.4, 0.5) is 0 Å². The lowest BCUT2D eigenvalue weighted by Gasteiger charge is -2.00. The van der Waals surface area contributed by atoms with Crippen molar-refractivity contribution in [1.29, 1.82) is 0 Å². The lowest BCUT2D eigenvalue weighted by atomic mass is 10.5. The fourth-order valence-electron chi connectivity index (χ4n) is 1.09. The lowest BCUT2D eigenvalue weighted by Crippen LogP contribution is -2.17. The molecule has 1 aliphatic rings. The van der Waals surface area contributed by atoms with Gasteiger partial charge in [-0.25, -0.2) is 4.98 Å². The van der Waals surface area contributed by atoms with E-state index in [0.717, 1.165) is 29.0 Å². The van der Waals surface area contributed by atoms with Crippen molar-refractivity contribution in [3.05, 3.63) is 16.1 Å². The van der Waals surface area contributed by atoms with Crippen LogP contribution < -0.4 is 5.32 Å². The summed E-state index contributed by atoms with van der Waals surface area (Å²) in [6.07, 6.45) is 1.92. The molecule has 0 amide bonds. The minimum atomic E-state index is 0.858. The van der Waals surface area contributed by atoms with Gasteiger partial charge in [0.2, 0.25) is 0 Å². The van der Waals surface area contributed by atoms with Crippen molar-refractivity contribution in [2.75, 3.05) is 12.3 Å². The second-order valence-corrected chi connectivity index (χ2v) is 5.14. The second-order valence-electron chi connectivity index (χ2n) is 2.73. The molecule has 0 fully saturated rings. The molecule has 1 N–H and O–H groups in total. The molecular weight excluding hydrogens is 202 g/mol. The molecule has 0 saturated heterocycles. The van der Waals surface area contributed by atoms with E-state index in [0.29, 0.717) is 0 Å². The van der Waals surface area contributed by atoms with Crippen molar-refractivity contribution < 1.29 is 0 Å². The Bertz CT molecular complexity index is 319. The van der Waals surface area contributed by atoms with E-state index in [2.05, 4.69) is 15.3 Å². The normalized spacial score (nSPS) is 15.9. The van der Waals surface area contributed by atoms with E-state index in [9.17, 15) is 0 Å².